The van der Waals surface area contributed by atoms with Crippen LogP contribution in [0.15, 0.2) is 18.5 Å². The van der Waals surface area contributed by atoms with Crippen LogP contribution >= 0.6 is 0 Å². The maximum atomic E-state index is 11.6. The average molecular weight is 224 g/mol. The van der Waals surface area contributed by atoms with Gasteiger partial charge in [0.25, 0.3) is 0 Å². The number of aliphatic hydroxyl groups is 1. The van der Waals surface area contributed by atoms with Crippen LogP contribution in [-0.4, -0.2) is 21.6 Å². The molecule has 0 aliphatic rings. The quantitative estimate of drug-likeness (QED) is 0.795. The lowest BCUT2D eigenvalue weighted by atomic mass is 10.2. The van der Waals surface area contributed by atoms with Crippen LogP contribution in [0, 0.1) is 0 Å². The molecule has 1 aromatic heterocycles. The van der Waals surface area contributed by atoms with Gasteiger partial charge >= 0.3 is 0 Å². The number of nitrogens with one attached hydrogen (secondary N) is 1. The van der Waals surface area contributed by atoms with Crippen molar-refractivity contribution in [3.05, 3.63) is 24.0 Å². The predicted octanol–water partition coefficient (Wildman–Crippen LogP) is 1.46. The van der Waals surface area contributed by atoms with Gasteiger partial charge in [0.2, 0.25) is 5.91 Å². The second kappa shape index (κ2) is 5.70. The first kappa shape index (κ1) is 12.8. The number of nitrogens with zero attached hydrogens (tertiary/aromatic N) is 1. The second-order valence-electron chi connectivity index (χ2n) is 4.17. The van der Waals surface area contributed by atoms with E-state index in [1.807, 2.05) is 19.9 Å². The molecule has 0 aliphatic heterocycles. The number of aliphatic hydroxyl groups excluding tert-OH is 1. The van der Waals surface area contributed by atoms with Crippen LogP contribution in [0.2, 0.25) is 0 Å². The molecule has 90 valence electrons. The molecule has 0 spiro atoms. The lowest BCUT2D eigenvalue weighted by molar-refractivity contribution is -0.122. The smallest absolute Gasteiger partial charge is 0.240 e. The first-order valence-corrected chi connectivity index (χ1v) is 5.66. The SMILES string of the molecule is CCC(C)NC(=O)Cn1ccc(C(C)O)c1. The normalized spacial score (nSPS) is 14.5. The van der Waals surface area contributed by atoms with Gasteiger partial charge in [0.05, 0.1) is 6.10 Å². The number of rotatable bonds is 5. The fourth-order valence-electron chi connectivity index (χ4n) is 1.39. The van der Waals surface area contributed by atoms with Crippen molar-refractivity contribution in [1.82, 2.24) is 9.88 Å². The van der Waals surface area contributed by atoms with Crippen LogP contribution in [0.3, 0.4) is 0 Å². The number of carbonyl (C=O) groups excluding carboxylic acids is 1. The fraction of sp³-hybridized carbons (Fsp3) is 0.583. The zero-order valence-electron chi connectivity index (χ0n) is 10.1. The van der Waals surface area contributed by atoms with Crippen LogP contribution in [0.1, 0.15) is 38.9 Å². The van der Waals surface area contributed by atoms with Gasteiger partial charge in [-0.15, -0.1) is 0 Å². The highest BCUT2D eigenvalue weighted by molar-refractivity contribution is 5.76. The summed E-state index contributed by atoms with van der Waals surface area (Å²) < 4.78 is 1.78. The molecule has 0 bridgehead atoms. The molecule has 1 heterocycles. The molecule has 1 rings (SSSR count). The summed E-state index contributed by atoms with van der Waals surface area (Å²) in [5.74, 6) is 0.00194. The molecule has 2 atom stereocenters. The predicted molar refractivity (Wildman–Crippen MR) is 63.0 cm³/mol. The molecule has 16 heavy (non-hydrogen) atoms. The molecular weight excluding hydrogens is 204 g/mol. The molecule has 4 nitrogen and oxygen atoms in total. The van der Waals surface area contributed by atoms with Crippen LogP contribution in [-0.2, 0) is 11.3 Å². The third kappa shape index (κ3) is 3.70. The molecule has 0 aliphatic carbocycles. The number of hydrogen-bond donors (Lipinski definition) is 2. The summed E-state index contributed by atoms with van der Waals surface area (Å²) in [4.78, 5) is 11.6. The monoisotopic (exact) mass is 224 g/mol. The number of carbonyl (C=O) groups is 1. The van der Waals surface area contributed by atoms with Crippen molar-refractivity contribution in [2.24, 2.45) is 0 Å². The van der Waals surface area contributed by atoms with E-state index in [0.717, 1.165) is 12.0 Å². The minimum absolute atomic E-state index is 0.00194. The summed E-state index contributed by atoms with van der Waals surface area (Å²) in [6.45, 7) is 6.02. The van der Waals surface area contributed by atoms with Gasteiger partial charge in [0.1, 0.15) is 6.54 Å². The summed E-state index contributed by atoms with van der Waals surface area (Å²) in [6, 6.07) is 2.03. The fourth-order valence-corrected chi connectivity index (χ4v) is 1.39. The maximum absolute atomic E-state index is 11.6. The topological polar surface area (TPSA) is 54.3 Å². The summed E-state index contributed by atoms with van der Waals surface area (Å²) in [7, 11) is 0. The third-order valence-electron chi connectivity index (χ3n) is 2.60. The van der Waals surface area contributed by atoms with E-state index >= 15 is 0 Å². The second-order valence-corrected chi connectivity index (χ2v) is 4.17. The molecule has 2 N–H and O–H groups in total. The van der Waals surface area contributed by atoms with Crippen molar-refractivity contribution in [3.63, 3.8) is 0 Å². The van der Waals surface area contributed by atoms with Crippen molar-refractivity contribution in [3.8, 4) is 0 Å². The Morgan fingerprint density at radius 3 is 2.75 bits per heavy atom. The molecule has 4 heteroatoms. The van der Waals surface area contributed by atoms with Crippen LogP contribution in [0.25, 0.3) is 0 Å². The summed E-state index contributed by atoms with van der Waals surface area (Å²) in [6.07, 6.45) is 4.04. The Hall–Kier alpha value is -1.29. The van der Waals surface area contributed by atoms with Crippen molar-refractivity contribution < 1.29 is 9.90 Å². The summed E-state index contributed by atoms with van der Waals surface area (Å²) in [5, 5.41) is 12.2. The Morgan fingerprint density at radius 1 is 1.56 bits per heavy atom. The van der Waals surface area contributed by atoms with Crippen molar-refractivity contribution in [1.29, 1.82) is 0 Å². The van der Waals surface area contributed by atoms with Gasteiger partial charge in [-0.2, -0.15) is 0 Å². The van der Waals surface area contributed by atoms with E-state index in [1.165, 1.54) is 0 Å². The zero-order valence-corrected chi connectivity index (χ0v) is 10.1. The minimum atomic E-state index is -0.487. The van der Waals surface area contributed by atoms with Crippen LogP contribution in [0.4, 0.5) is 0 Å². The van der Waals surface area contributed by atoms with Gasteiger partial charge in [-0.1, -0.05) is 6.92 Å². The van der Waals surface area contributed by atoms with Gasteiger partial charge in [-0.3, -0.25) is 4.79 Å². The molecule has 0 saturated carbocycles. The van der Waals surface area contributed by atoms with Gasteiger partial charge in [-0.25, -0.2) is 0 Å². The molecule has 2 unspecified atom stereocenters. The van der Waals surface area contributed by atoms with Gasteiger partial charge < -0.3 is 15.0 Å². The third-order valence-corrected chi connectivity index (χ3v) is 2.60. The zero-order chi connectivity index (χ0) is 12.1. The Kier molecular flexibility index (Phi) is 4.55. The van der Waals surface area contributed by atoms with Gasteiger partial charge in [-0.05, 0) is 31.9 Å². The van der Waals surface area contributed by atoms with Crippen LogP contribution in [0.5, 0.6) is 0 Å². The van der Waals surface area contributed by atoms with Crippen molar-refractivity contribution in [2.75, 3.05) is 0 Å². The molecule has 0 aromatic carbocycles. The van der Waals surface area contributed by atoms with E-state index in [4.69, 9.17) is 0 Å². The van der Waals surface area contributed by atoms with Crippen molar-refractivity contribution in [2.45, 2.75) is 45.9 Å². The highest BCUT2D eigenvalue weighted by atomic mass is 16.3. The van der Waals surface area contributed by atoms with E-state index < -0.39 is 6.10 Å². The molecule has 0 fully saturated rings. The molecule has 0 saturated heterocycles. The van der Waals surface area contributed by atoms with E-state index in [1.54, 1.807) is 23.9 Å². The summed E-state index contributed by atoms with van der Waals surface area (Å²) in [5.41, 5.74) is 0.830. The number of amides is 1. The maximum Gasteiger partial charge on any atom is 0.240 e. The van der Waals surface area contributed by atoms with E-state index in [2.05, 4.69) is 5.32 Å². The van der Waals surface area contributed by atoms with Gasteiger partial charge in [0, 0.05) is 18.4 Å². The number of hydrogen-bond acceptors (Lipinski definition) is 2. The Labute approximate surface area is 96.3 Å². The lowest BCUT2D eigenvalue weighted by Crippen LogP contribution is -2.34. The Bertz CT molecular complexity index is 345. The molecular formula is C12H20N2O2. The largest absolute Gasteiger partial charge is 0.389 e. The Balaban J connectivity index is 2.50. The summed E-state index contributed by atoms with van der Waals surface area (Å²) >= 11 is 0. The highest BCUT2D eigenvalue weighted by Gasteiger charge is 2.07. The average Bonchev–Trinajstić information content (AvgIpc) is 2.65. The standard InChI is InChI=1S/C12H20N2O2/c1-4-9(2)13-12(16)8-14-6-5-11(7-14)10(3)15/h5-7,9-10,15H,4,8H2,1-3H3,(H,13,16). The first-order chi connectivity index (χ1) is 7.52. The van der Waals surface area contributed by atoms with Crippen molar-refractivity contribution >= 4 is 5.91 Å². The first-order valence-electron chi connectivity index (χ1n) is 5.66. The Morgan fingerprint density at radius 2 is 2.25 bits per heavy atom. The lowest BCUT2D eigenvalue weighted by Gasteiger charge is -2.11. The highest BCUT2D eigenvalue weighted by Crippen LogP contribution is 2.11. The molecule has 1 aromatic rings. The van der Waals surface area contributed by atoms with E-state index in [-0.39, 0.29) is 11.9 Å². The van der Waals surface area contributed by atoms with E-state index in [0.29, 0.717) is 6.54 Å². The van der Waals surface area contributed by atoms with Crippen LogP contribution < -0.4 is 5.32 Å². The number of aromatic nitrogens is 1. The van der Waals surface area contributed by atoms with Gasteiger partial charge in [0.15, 0.2) is 0 Å². The molecule has 0 radical (unpaired) electrons. The minimum Gasteiger partial charge on any atom is -0.389 e. The molecule has 1 amide bonds. The van der Waals surface area contributed by atoms with E-state index in [9.17, 15) is 9.90 Å².